The molecule has 0 radical (unpaired) electrons. The summed E-state index contributed by atoms with van der Waals surface area (Å²) in [5.74, 6) is 0.930. The van der Waals surface area contributed by atoms with Crippen LogP contribution in [0.3, 0.4) is 0 Å². The highest BCUT2D eigenvalue weighted by Gasteiger charge is 2.33. The predicted octanol–water partition coefficient (Wildman–Crippen LogP) is 1.74. The van der Waals surface area contributed by atoms with E-state index in [9.17, 15) is 4.79 Å². The van der Waals surface area contributed by atoms with Crippen LogP contribution in [0.25, 0.3) is 0 Å². The van der Waals surface area contributed by atoms with E-state index in [1.54, 1.807) is 19.4 Å². The van der Waals surface area contributed by atoms with Crippen molar-refractivity contribution in [2.45, 2.75) is 31.2 Å². The average Bonchev–Trinajstić information content (AvgIpc) is 2.74. The minimum atomic E-state index is -0.137. The van der Waals surface area contributed by atoms with Gasteiger partial charge in [0.05, 0.1) is 5.54 Å². The lowest BCUT2D eigenvalue weighted by atomic mass is 10.0. The molecule has 2 rings (SSSR count). The molecule has 0 atom stereocenters. The van der Waals surface area contributed by atoms with E-state index in [0.29, 0.717) is 11.7 Å². The minimum absolute atomic E-state index is 0.0982. The second-order valence-corrected chi connectivity index (χ2v) is 4.71. The Morgan fingerprint density at radius 2 is 2.25 bits per heavy atom. The summed E-state index contributed by atoms with van der Waals surface area (Å²) in [6.45, 7) is 0. The van der Waals surface area contributed by atoms with Crippen molar-refractivity contribution < 1.29 is 0 Å². The molecule has 0 unspecified atom stereocenters. The molecule has 1 aliphatic carbocycles. The Morgan fingerprint density at radius 1 is 1.56 bits per heavy atom. The van der Waals surface area contributed by atoms with Crippen LogP contribution in [0.5, 0.6) is 0 Å². The molecule has 0 amide bonds. The molecule has 1 aliphatic rings. The number of hydrogen-bond acceptors (Lipinski definition) is 3. The topological polar surface area (TPSA) is 46.9 Å². The summed E-state index contributed by atoms with van der Waals surface area (Å²) in [6.07, 6.45) is 7.61. The Balaban J connectivity index is 2.26. The summed E-state index contributed by atoms with van der Waals surface area (Å²) < 4.78 is 1.52. The van der Waals surface area contributed by atoms with Crippen LogP contribution in [0.2, 0.25) is 0 Å². The minimum Gasteiger partial charge on any atom is -0.359 e. The van der Waals surface area contributed by atoms with Gasteiger partial charge in [0.2, 0.25) is 0 Å². The van der Waals surface area contributed by atoms with E-state index in [0.717, 1.165) is 25.7 Å². The molecule has 5 heteroatoms. The highest BCUT2D eigenvalue weighted by Crippen LogP contribution is 2.32. The Morgan fingerprint density at radius 3 is 2.88 bits per heavy atom. The predicted molar refractivity (Wildman–Crippen MR) is 65.0 cm³/mol. The first kappa shape index (κ1) is 11.5. The van der Waals surface area contributed by atoms with Crippen molar-refractivity contribution in [3.8, 4) is 0 Å². The number of hydrogen-bond donors (Lipinski definition) is 1. The Hall–Kier alpha value is -1.03. The van der Waals surface area contributed by atoms with Crippen LogP contribution in [0, 0.1) is 0 Å². The molecule has 1 aromatic heterocycles. The van der Waals surface area contributed by atoms with Gasteiger partial charge in [-0.3, -0.25) is 4.79 Å². The second-order valence-electron chi connectivity index (χ2n) is 4.44. The molecule has 1 saturated carbocycles. The molecule has 88 valence electrons. The van der Waals surface area contributed by atoms with Crippen LogP contribution in [0.4, 0.5) is 5.82 Å². The number of halogens is 1. The number of alkyl halides is 1. The highest BCUT2D eigenvalue weighted by molar-refractivity contribution is 6.18. The third-order valence-corrected chi connectivity index (χ3v) is 3.73. The van der Waals surface area contributed by atoms with E-state index in [4.69, 9.17) is 11.6 Å². The monoisotopic (exact) mass is 241 g/mol. The van der Waals surface area contributed by atoms with E-state index in [2.05, 4.69) is 10.3 Å². The quantitative estimate of drug-likeness (QED) is 0.821. The van der Waals surface area contributed by atoms with E-state index >= 15 is 0 Å². The lowest BCUT2D eigenvalue weighted by Gasteiger charge is -2.28. The van der Waals surface area contributed by atoms with Crippen molar-refractivity contribution in [1.29, 1.82) is 0 Å². The van der Waals surface area contributed by atoms with Gasteiger partial charge in [-0.15, -0.1) is 11.6 Å². The van der Waals surface area contributed by atoms with Crippen molar-refractivity contribution in [3.05, 3.63) is 22.7 Å². The summed E-state index contributed by atoms with van der Waals surface area (Å²) in [7, 11) is 1.72. The average molecular weight is 242 g/mol. The molecule has 1 N–H and O–H groups in total. The summed E-state index contributed by atoms with van der Waals surface area (Å²) in [6, 6.07) is 0. The zero-order chi connectivity index (χ0) is 11.6. The summed E-state index contributed by atoms with van der Waals surface area (Å²) >= 11 is 6.01. The standard InChI is InChI=1S/C11H16ClN3O/c1-15-7-6-13-9(10(15)16)14-11(8-12)4-2-3-5-11/h6-7H,2-5,8H2,1H3,(H,13,14). The van der Waals surface area contributed by atoms with Crippen molar-refractivity contribution in [3.63, 3.8) is 0 Å². The summed E-state index contributed by atoms with van der Waals surface area (Å²) in [5, 5.41) is 3.24. The molecule has 1 fully saturated rings. The molecule has 0 bridgehead atoms. The van der Waals surface area contributed by atoms with E-state index in [1.165, 1.54) is 4.57 Å². The first-order chi connectivity index (χ1) is 7.67. The highest BCUT2D eigenvalue weighted by atomic mass is 35.5. The lowest BCUT2D eigenvalue weighted by molar-refractivity contribution is 0.535. The third-order valence-electron chi connectivity index (χ3n) is 3.22. The maximum absolute atomic E-state index is 11.8. The fourth-order valence-electron chi connectivity index (χ4n) is 2.18. The molecule has 1 aromatic rings. The molecule has 0 spiro atoms. The molecule has 16 heavy (non-hydrogen) atoms. The molecule has 4 nitrogen and oxygen atoms in total. The van der Waals surface area contributed by atoms with E-state index in [1.807, 2.05) is 0 Å². The van der Waals surface area contributed by atoms with Crippen LogP contribution in [-0.2, 0) is 7.05 Å². The van der Waals surface area contributed by atoms with Crippen molar-refractivity contribution >= 4 is 17.4 Å². The lowest BCUT2D eigenvalue weighted by Crippen LogP contribution is -2.40. The largest absolute Gasteiger partial charge is 0.359 e. The smallest absolute Gasteiger partial charge is 0.293 e. The number of anilines is 1. The summed E-state index contributed by atoms with van der Waals surface area (Å²) in [5.41, 5.74) is -0.235. The SMILES string of the molecule is Cn1ccnc(NC2(CCl)CCCC2)c1=O. The Bertz CT molecular complexity index is 423. The zero-order valence-corrected chi connectivity index (χ0v) is 10.1. The van der Waals surface area contributed by atoms with Gasteiger partial charge in [-0.2, -0.15) is 0 Å². The number of nitrogens with one attached hydrogen (secondary N) is 1. The molecular weight excluding hydrogens is 226 g/mol. The first-order valence-electron chi connectivity index (χ1n) is 5.53. The van der Waals surface area contributed by atoms with Crippen LogP contribution in [0.15, 0.2) is 17.2 Å². The second kappa shape index (κ2) is 4.45. The van der Waals surface area contributed by atoms with Gasteiger partial charge in [-0.25, -0.2) is 4.98 Å². The van der Waals surface area contributed by atoms with Gasteiger partial charge in [0.1, 0.15) is 0 Å². The van der Waals surface area contributed by atoms with Crippen molar-refractivity contribution in [1.82, 2.24) is 9.55 Å². The maximum Gasteiger partial charge on any atom is 0.293 e. The fourth-order valence-corrected chi connectivity index (χ4v) is 2.51. The van der Waals surface area contributed by atoms with Gasteiger partial charge in [-0.1, -0.05) is 12.8 Å². The van der Waals surface area contributed by atoms with Gasteiger partial charge in [0.25, 0.3) is 5.56 Å². The molecular formula is C11H16ClN3O. The zero-order valence-electron chi connectivity index (χ0n) is 9.37. The Kier molecular flexibility index (Phi) is 3.19. The molecule has 1 heterocycles. The van der Waals surface area contributed by atoms with Crippen molar-refractivity contribution in [2.75, 3.05) is 11.2 Å². The fraction of sp³-hybridized carbons (Fsp3) is 0.636. The van der Waals surface area contributed by atoms with Gasteiger partial charge >= 0.3 is 0 Å². The normalized spacial score (nSPS) is 18.6. The molecule has 0 aromatic carbocycles. The maximum atomic E-state index is 11.8. The van der Waals surface area contributed by atoms with Gasteiger partial charge in [0.15, 0.2) is 5.82 Å². The molecule has 0 aliphatic heterocycles. The van der Waals surface area contributed by atoms with Crippen molar-refractivity contribution in [2.24, 2.45) is 7.05 Å². The van der Waals surface area contributed by atoms with Crippen LogP contribution in [-0.4, -0.2) is 21.0 Å². The first-order valence-corrected chi connectivity index (χ1v) is 6.06. The van der Waals surface area contributed by atoms with Crippen LogP contribution >= 0.6 is 11.6 Å². The third kappa shape index (κ3) is 2.07. The number of rotatable bonds is 3. The van der Waals surface area contributed by atoms with Crippen LogP contribution < -0.4 is 10.9 Å². The van der Waals surface area contributed by atoms with Gasteiger partial charge < -0.3 is 9.88 Å². The van der Waals surface area contributed by atoms with Gasteiger partial charge in [-0.05, 0) is 12.8 Å². The van der Waals surface area contributed by atoms with E-state index < -0.39 is 0 Å². The number of aromatic nitrogens is 2. The van der Waals surface area contributed by atoms with Gasteiger partial charge in [0, 0.05) is 25.3 Å². The number of aryl methyl sites for hydroxylation is 1. The number of nitrogens with zero attached hydrogens (tertiary/aromatic N) is 2. The van der Waals surface area contributed by atoms with E-state index in [-0.39, 0.29) is 11.1 Å². The Labute approximate surface area is 99.6 Å². The summed E-state index contributed by atoms with van der Waals surface area (Å²) in [4.78, 5) is 15.9. The molecule has 0 saturated heterocycles. The van der Waals surface area contributed by atoms with Crippen LogP contribution in [0.1, 0.15) is 25.7 Å².